The number of benzene rings is 2. The smallest absolute Gasteiger partial charge is 0.248 e. The van der Waals surface area contributed by atoms with Crippen LogP contribution >= 0.6 is 0 Å². The predicted octanol–water partition coefficient (Wildman–Crippen LogP) is 3.23. The highest BCUT2D eigenvalue weighted by Gasteiger charge is 2.00. The first-order valence-electron chi connectivity index (χ1n) is 6.05. The van der Waals surface area contributed by atoms with E-state index in [2.05, 4.69) is 5.32 Å². The fourth-order valence-electron chi connectivity index (χ4n) is 1.64. The maximum absolute atomic E-state index is 11.7. The van der Waals surface area contributed by atoms with Gasteiger partial charge >= 0.3 is 0 Å². The lowest BCUT2D eigenvalue weighted by molar-refractivity contribution is -0.111. The standard InChI is InChI=1S/C16H16N2O/c1-12-7-9-14(11-15(12)17)18-16(19)10-8-13-5-3-2-4-6-13/h2-11H,17H2,1H3,(H,18,19)/b10-8+. The van der Waals surface area contributed by atoms with Crippen molar-refractivity contribution in [2.24, 2.45) is 0 Å². The van der Waals surface area contributed by atoms with E-state index < -0.39 is 0 Å². The van der Waals surface area contributed by atoms with Crippen LogP contribution in [0.15, 0.2) is 54.6 Å². The third-order valence-corrected chi connectivity index (χ3v) is 2.77. The van der Waals surface area contributed by atoms with Crippen LogP contribution in [0.5, 0.6) is 0 Å². The van der Waals surface area contributed by atoms with E-state index in [1.165, 1.54) is 6.08 Å². The summed E-state index contributed by atoms with van der Waals surface area (Å²) in [6, 6.07) is 15.1. The number of hydrogen-bond donors (Lipinski definition) is 2. The van der Waals surface area contributed by atoms with Crippen molar-refractivity contribution >= 4 is 23.4 Å². The van der Waals surface area contributed by atoms with Crippen LogP contribution in [-0.4, -0.2) is 5.91 Å². The van der Waals surface area contributed by atoms with Crippen molar-refractivity contribution in [2.75, 3.05) is 11.1 Å². The van der Waals surface area contributed by atoms with Gasteiger partial charge in [-0.2, -0.15) is 0 Å². The molecule has 0 unspecified atom stereocenters. The molecule has 3 N–H and O–H groups in total. The maximum Gasteiger partial charge on any atom is 0.248 e. The Morgan fingerprint density at radius 3 is 2.58 bits per heavy atom. The Bertz CT molecular complexity index is 603. The van der Waals surface area contributed by atoms with Gasteiger partial charge in [-0.1, -0.05) is 36.4 Å². The summed E-state index contributed by atoms with van der Waals surface area (Å²) in [5, 5.41) is 2.77. The Morgan fingerprint density at radius 2 is 1.89 bits per heavy atom. The van der Waals surface area contributed by atoms with E-state index in [1.54, 1.807) is 12.1 Å². The van der Waals surface area contributed by atoms with Crippen LogP contribution < -0.4 is 11.1 Å². The molecule has 2 aromatic carbocycles. The van der Waals surface area contributed by atoms with Crippen molar-refractivity contribution in [3.05, 3.63) is 65.7 Å². The molecule has 2 rings (SSSR count). The average molecular weight is 252 g/mol. The first-order valence-corrected chi connectivity index (χ1v) is 6.05. The Labute approximate surface area is 112 Å². The van der Waals surface area contributed by atoms with Crippen molar-refractivity contribution in [3.63, 3.8) is 0 Å². The minimum atomic E-state index is -0.174. The van der Waals surface area contributed by atoms with Gasteiger partial charge in [0.05, 0.1) is 0 Å². The van der Waals surface area contributed by atoms with Crippen molar-refractivity contribution in [2.45, 2.75) is 6.92 Å². The lowest BCUT2D eigenvalue weighted by Crippen LogP contribution is -2.08. The van der Waals surface area contributed by atoms with Crippen LogP contribution in [0.25, 0.3) is 6.08 Å². The molecule has 0 aliphatic heterocycles. The molecule has 0 aliphatic rings. The summed E-state index contributed by atoms with van der Waals surface area (Å²) < 4.78 is 0. The van der Waals surface area contributed by atoms with E-state index in [9.17, 15) is 4.79 Å². The van der Waals surface area contributed by atoms with E-state index in [0.29, 0.717) is 11.4 Å². The van der Waals surface area contributed by atoms with Crippen LogP contribution in [0.2, 0.25) is 0 Å². The second-order valence-corrected chi connectivity index (χ2v) is 4.30. The van der Waals surface area contributed by atoms with Crippen molar-refractivity contribution in [3.8, 4) is 0 Å². The predicted molar refractivity (Wildman–Crippen MR) is 79.7 cm³/mol. The third kappa shape index (κ3) is 3.71. The number of nitrogen functional groups attached to an aromatic ring is 1. The van der Waals surface area contributed by atoms with E-state index in [1.807, 2.05) is 49.4 Å². The van der Waals surface area contributed by atoms with Crippen LogP contribution in [0, 0.1) is 6.92 Å². The minimum absolute atomic E-state index is 0.174. The van der Waals surface area contributed by atoms with Crippen molar-refractivity contribution < 1.29 is 4.79 Å². The number of carbonyl (C=O) groups is 1. The highest BCUT2D eigenvalue weighted by molar-refractivity contribution is 6.02. The quantitative estimate of drug-likeness (QED) is 0.651. The van der Waals surface area contributed by atoms with Gasteiger partial charge in [0, 0.05) is 17.5 Å². The molecule has 96 valence electrons. The van der Waals surface area contributed by atoms with E-state index in [0.717, 1.165) is 11.1 Å². The summed E-state index contributed by atoms with van der Waals surface area (Å²) >= 11 is 0. The molecule has 19 heavy (non-hydrogen) atoms. The zero-order valence-electron chi connectivity index (χ0n) is 10.8. The molecule has 0 spiro atoms. The molecule has 3 heteroatoms. The number of hydrogen-bond acceptors (Lipinski definition) is 2. The number of nitrogens with one attached hydrogen (secondary N) is 1. The Hall–Kier alpha value is -2.55. The molecule has 0 bridgehead atoms. The molecule has 2 aromatic rings. The summed E-state index contributed by atoms with van der Waals surface area (Å²) in [4.78, 5) is 11.7. The second kappa shape index (κ2) is 5.87. The molecular formula is C16H16N2O. The minimum Gasteiger partial charge on any atom is -0.398 e. The molecule has 0 saturated carbocycles. The molecule has 1 amide bonds. The number of nitrogens with two attached hydrogens (primary N) is 1. The van der Waals surface area contributed by atoms with Gasteiger partial charge in [0.1, 0.15) is 0 Å². The van der Waals surface area contributed by atoms with E-state index in [-0.39, 0.29) is 5.91 Å². The highest BCUT2D eigenvalue weighted by Crippen LogP contribution is 2.16. The van der Waals surface area contributed by atoms with Gasteiger partial charge < -0.3 is 11.1 Å². The van der Waals surface area contributed by atoms with Crippen LogP contribution in [-0.2, 0) is 4.79 Å². The van der Waals surface area contributed by atoms with Gasteiger partial charge in [-0.25, -0.2) is 0 Å². The Morgan fingerprint density at radius 1 is 1.16 bits per heavy atom. The number of anilines is 2. The van der Waals surface area contributed by atoms with Gasteiger partial charge in [-0.05, 0) is 36.3 Å². The lowest BCUT2D eigenvalue weighted by atomic mass is 10.2. The summed E-state index contributed by atoms with van der Waals surface area (Å²) in [6.45, 7) is 1.93. The van der Waals surface area contributed by atoms with Crippen LogP contribution in [0.4, 0.5) is 11.4 Å². The molecule has 0 saturated heterocycles. The molecule has 0 radical (unpaired) electrons. The van der Waals surface area contributed by atoms with Gasteiger partial charge in [-0.15, -0.1) is 0 Å². The van der Waals surface area contributed by atoms with Crippen molar-refractivity contribution in [1.29, 1.82) is 0 Å². The Kier molecular flexibility index (Phi) is 3.98. The Balaban J connectivity index is 2.01. The first-order chi connectivity index (χ1) is 9.15. The van der Waals surface area contributed by atoms with Crippen molar-refractivity contribution in [1.82, 2.24) is 0 Å². The fourth-order valence-corrected chi connectivity index (χ4v) is 1.64. The average Bonchev–Trinajstić information content (AvgIpc) is 2.42. The monoisotopic (exact) mass is 252 g/mol. The van der Waals surface area contributed by atoms with E-state index >= 15 is 0 Å². The van der Waals surface area contributed by atoms with E-state index in [4.69, 9.17) is 5.73 Å². The number of aryl methyl sites for hydroxylation is 1. The summed E-state index contributed by atoms with van der Waals surface area (Å²) in [5.41, 5.74) is 9.15. The lowest BCUT2D eigenvalue weighted by Gasteiger charge is -2.05. The normalized spacial score (nSPS) is 10.6. The number of rotatable bonds is 3. The zero-order valence-corrected chi connectivity index (χ0v) is 10.8. The summed E-state index contributed by atoms with van der Waals surface area (Å²) in [7, 11) is 0. The van der Waals surface area contributed by atoms with Gasteiger partial charge in [0.2, 0.25) is 5.91 Å². The molecule has 0 fully saturated rings. The van der Waals surface area contributed by atoms with Gasteiger partial charge in [0.25, 0.3) is 0 Å². The highest BCUT2D eigenvalue weighted by atomic mass is 16.1. The second-order valence-electron chi connectivity index (χ2n) is 4.30. The maximum atomic E-state index is 11.7. The molecule has 0 aliphatic carbocycles. The van der Waals surface area contributed by atoms with Gasteiger partial charge in [-0.3, -0.25) is 4.79 Å². The third-order valence-electron chi connectivity index (χ3n) is 2.77. The number of amides is 1. The number of carbonyl (C=O) groups excluding carboxylic acids is 1. The molecule has 0 atom stereocenters. The SMILES string of the molecule is Cc1ccc(NC(=O)/C=C/c2ccccc2)cc1N. The molecule has 3 nitrogen and oxygen atoms in total. The van der Waals surface area contributed by atoms with Crippen LogP contribution in [0.3, 0.4) is 0 Å². The first kappa shape index (κ1) is 12.9. The topological polar surface area (TPSA) is 55.1 Å². The zero-order chi connectivity index (χ0) is 13.7. The van der Waals surface area contributed by atoms with Crippen LogP contribution in [0.1, 0.15) is 11.1 Å². The molecule has 0 heterocycles. The molecular weight excluding hydrogens is 236 g/mol. The summed E-state index contributed by atoms with van der Waals surface area (Å²) in [6.07, 6.45) is 3.28. The van der Waals surface area contributed by atoms with Gasteiger partial charge in [0.15, 0.2) is 0 Å². The largest absolute Gasteiger partial charge is 0.398 e. The summed E-state index contributed by atoms with van der Waals surface area (Å²) in [5.74, 6) is -0.174. The molecule has 0 aromatic heterocycles. The fraction of sp³-hybridized carbons (Fsp3) is 0.0625.